The molecule has 1 aromatic carbocycles. The topological polar surface area (TPSA) is 66.6 Å². The number of nitrogens with one attached hydrogen (secondary N) is 1. The van der Waals surface area contributed by atoms with Gasteiger partial charge in [0.25, 0.3) is 5.91 Å². The number of aliphatic hydroxyl groups excluding tert-OH is 1. The molecule has 0 saturated heterocycles. The zero-order valence-corrected chi connectivity index (χ0v) is 11.1. The first-order valence-corrected chi connectivity index (χ1v) is 6.46. The fraction of sp³-hybridized carbons (Fsp3) is 0.200. The predicted octanol–water partition coefficient (Wildman–Crippen LogP) is 1.60. The number of amides is 1. The molecular weight excluding hydrogens is 254 g/mol. The van der Waals surface area contributed by atoms with Gasteiger partial charge in [0.15, 0.2) is 0 Å². The van der Waals surface area contributed by atoms with E-state index in [-0.39, 0.29) is 18.6 Å². The lowest BCUT2D eigenvalue weighted by atomic mass is 10.1. The Morgan fingerprint density at radius 3 is 3.10 bits per heavy atom. The van der Waals surface area contributed by atoms with Crippen LogP contribution in [0.5, 0.6) is 0 Å². The Morgan fingerprint density at radius 1 is 1.45 bits per heavy atom. The Balaban J connectivity index is 2.02. The van der Waals surface area contributed by atoms with E-state index in [0.717, 1.165) is 16.6 Å². The highest BCUT2D eigenvalue weighted by atomic mass is 16.3. The third-order valence-electron chi connectivity index (χ3n) is 3.26. The number of aromatic nitrogens is 2. The molecule has 2 aromatic heterocycles. The summed E-state index contributed by atoms with van der Waals surface area (Å²) < 4.78 is 2.03. The molecule has 0 saturated carbocycles. The Morgan fingerprint density at radius 2 is 2.30 bits per heavy atom. The van der Waals surface area contributed by atoms with Crippen molar-refractivity contribution in [3.63, 3.8) is 0 Å². The molecule has 1 unspecified atom stereocenters. The molecular formula is C15H15N3O2. The van der Waals surface area contributed by atoms with Crippen LogP contribution in [0, 0.1) is 0 Å². The number of fused-ring (bicyclic) bond motifs is 3. The largest absolute Gasteiger partial charge is 0.394 e. The van der Waals surface area contributed by atoms with Gasteiger partial charge in [-0.05, 0) is 37.3 Å². The molecule has 0 aliphatic carbocycles. The van der Waals surface area contributed by atoms with E-state index in [0.29, 0.717) is 5.56 Å². The SMILES string of the molecule is CC(CO)NC(=O)c1ccc2c(c1)ncc1cccn12. The summed E-state index contributed by atoms with van der Waals surface area (Å²) in [5.74, 6) is -0.206. The summed E-state index contributed by atoms with van der Waals surface area (Å²) in [7, 11) is 0. The van der Waals surface area contributed by atoms with Crippen molar-refractivity contribution in [1.82, 2.24) is 14.7 Å². The molecule has 2 heterocycles. The van der Waals surface area contributed by atoms with Crippen LogP contribution >= 0.6 is 0 Å². The summed E-state index contributed by atoms with van der Waals surface area (Å²) >= 11 is 0. The number of hydrogen-bond donors (Lipinski definition) is 2. The maximum Gasteiger partial charge on any atom is 0.251 e. The van der Waals surface area contributed by atoms with E-state index in [9.17, 15) is 4.79 Å². The normalized spacial score (nSPS) is 12.7. The fourth-order valence-electron chi connectivity index (χ4n) is 2.18. The quantitative estimate of drug-likeness (QED) is 0.759. The molecule has 0 aliphatic heterocycles. The van der Waals surface area contributed by atoms with Crippen molar-refractivity contribution in [2.45, 2.75) is 13.0 Å². The van der Waals surface area contributed by atoms with Gasteiger partial charge in [0.1, 0.15) is 0 Å². The van der Waals surface area contributed by atoms with Gasteiger partial charge in [0.2, 0.25) is 0 Å². The number of carbonyl (C=O) groups excluding carboxylic acids is 1. The number of rotatable bonds is 3. The summed E-state index contributed by atoms with van der Waals surface area (Å²) in [5.41, 5.74) is 3.28. The van der Waals surface area contributed by atoms with E-state index in [1.54, 1.807) is 25.3 Å². The van der Waals surface area contributed by atoms with Gasteiger partial charge in [-0.25, -0.2) is 0 Å². The van der Waals surface area contributed by atoms with E-state index >= 15 is 0 Å². The number of nitrogens with zero attached hydrogens (tertiary/aromatic N) is 2. The minimum Gasteiger partial charge on any atom is -0.394 e. The molecule has 3 aromatic rings. The minimum atomic E-state index is -0.266. The smallest absolute Gasteiger partial charge is 0.251 e. The summed E-state index contributed by atoms with van der Waals surface area (Å²) in [4.78, 5) is 16.4. The van der Waals surface area contributed by atoms with Crippen LogP contribution < -0.4 is 5.32 Å². The Bertz CT molecular complexity index is 779. The van der Waals surface area contributed by atoms with Crippen molar-refractivity contribution in [2.75, 3.05) is 6.61 Å². The van der Waals surface area contributed by atoms with Gasteiger partial charge in [-0.2, -0.15) is 0 Å². The molecule has 0 spiro atoms. The molecule has 0 radical (unpaired) electrons. The maximum absolute atomic E-state index is 12.0. The molecule has 20 heavy (non-hydrogen) atoms. The Hall–Kier alpha value is -2.40. The molecule has 3 rings (SSSR count). The second kappa shape index (κ2) is 4.94. The zero-order chi connectivity index (χ0) is 14.1. The van der Waals surface area contributed by atoms with Crippen LogP contribution in [0.4, 0.5) is 0 Å². The standard InChI is InChI=1S/C15H15N3O2/c1-10(9-19)17-15(20)11-4-5-14-13(7-11)16-8-12-3-2-6-18(12)14/h2-8,10,19H,9H2,1H3,(H,17,20). The summed E-state index contributed by atoms with van der Waals surface area (Å²) in [6, 6.07) is 9.08. The zero-order valence-electron chi connectivity index (χ0n) is 11.1. The molecule has 1 amide bonds. The van der Waals surface area contributed by atoms with Crippen molar-refractivity contribution >= 4 is 22.5 Å². The molecule has 0 aliphatic rings. The third kappa shape index (κ3) is 2.12. The molecule has 2 N–H and O–H groups in total. The van der Waals surface area contributed by atoms with Crippen LogP contribution in [-0.2, 0) is 0 Å². The molecule has 0 bridgehead atoms. The number of hydrogen-bond acceptors (Lipinski definition) is 3. The van der Waals surface area contributed by atoms with Gasteiger partial charge in [0, 0.05) is 17.8 Å². The van der Waals surface area contributed by atoms with Crippen LogP contribution in [0.3, 0.4) is 0 Å². The highest BCUT2D eigenvalue weighted by Crippen LogP contribution is 2.17. The summed E-state index contributed by atoms with van der Waals surface area (Å²) in [6.07, 6.45) is 3.74. The molecule has 1 atom stereocenters. The molecule has 0 fully saturated rings. The van der Waals surface area contributed by atoms with E-state index in [4.69, 9.17) is 5.11 Å². The van der Waals surface area contributed by atoms with Crippen molar-refractivity contribution < 1.29 is 9.90 Å². The van der Waals surface area contributed by atoms with Gasteiger partial charge in [-0.1, -0.05) is 0 Å². The van der Waals surface area contributed by atoms with Crippen molar-refractivity contribution in [3.05, 3.63) is 48.3 Å². The second-order valence-electron chi connectivity index (χ2n) is 4.82. The van der Waals surface area contributed by atoms with Gasteiger partial charge in [-0.3, -0.25) is 9.78 Å². The highest BCUT2D eigenvalue weighted by molar-refractivity contribution is 5.97. The monoisotopic (exact) mass is 269 g/mol. The lowest BCUT2D eigenvalue weighted by Crippen LogP contribution is -2.34. The van der Waals surface area contributed by atoms with Crippen LogP contribution in [0.15, 0.2) is 42.7 Å². The number of aliphatic hydroxyl groups is 1. The Labute approximate surface area is 115 Å². The van der Waals surface area contributed by atoms with Crippen LogP contribution in [0.2, 0.25) is 0 Å². The molecule has 5 nitrogen and oxygen atoms in total. The molecule has 102 valence electrons. The highest BCUT2D eigenvalue weighted by Gasteiger charge is 2.10. The average molecular weight is 269 g/mol. The van der Waals surface area contributed by atoms with Gasteiger partial charge < -0.3 is 14.8 Å². The van der Waals surface area contributed by atoms with Gasteiger partial charge in [0.05, 0.1) is 29.4 Å². The third-order valence-corrected chi connectivity index (χ3v) is 3.26. The maximum atomic E-state index is 12.0. The number of benzene rings is 1. The first kappa shape index (κ1) is 12.6. The van der Waals surface area contributed by atoms with E-state index < -0.39 is 0 Å². The van der Waals surface area contributed by atoms with Crippen molar-refractivity contribution in [2.24, 2.45) is 0 Å². The van der Waals surface area contributed by atoms with E-state index in [1.807, 2.05) is 28.8 Å². The van der Waals surface area contributed by atoms with Crippen LogP contribution in [-0.4, -0.2) is 33.0 Å². The summed E-state index contributed by atoms with van der Waals surface area (Å²) in [6.45, 7) is 1.67. The number of carbonyl (C=O) groups is 1. The minimum absolute atomic E-state index is 0.0818. The molecule has 5 heteroatoms. The van der Waals surface area contributed by atoms with Crippen molar-refractivity contribution in [3.8, 4) is 0 Å². The van der Waals surface area contributed by atoms with E-state index in [2.05, 4.69) is 10.3 Å². The lowest BCUT2D eigenvalue weighted by molar-refractivity contribution is 0.0922. The van der Waals surface area contributed by atoms with Crippen LogP contribution in [0.1, 0.15) is 17.3 Å². The Kier molecular flexibility index (Phi) is 3.12. The van der Waals surface area contributed by atoms with Gasteiger partial charge in [-0.15, -0.1) is 0 Å². The summed E-state index contributed by atoms with van der Waals surface area (Å²) in [5, 5.41) is 11.7. The van der Waals surface area contributed by atoms with E-state index in [1.165, 1.54) is 0 Å². The first-order valence-electron chi connectivity index (χ1n) is 6.46. The lowest BCUT2D eigenvalue weighted by Gasteiger charge is -2.11. The average Bonchev–Trinajstić information content (AvgIpc) is 2.95. The second-order valence-corrected chi connectivity index (χ2v) is 4.82. The van der Waals surface area contributed by atoms with Crippen molar-refractivity contribution in [1.29, 1.82) is 0 Å². The predicted molar refractivity (Wildman–Crippen MR) is 76.7 cm³/mol. The van der Waals surface area contributed by atoms with Gasteiger partial charge >= 0.3 is 0 Å². The van der Waals surface area contributed by atoms with Crippen LogP contribution in [0.25, 0.3) is 16.6 Å². The fourth-order valence-corrected chi connectivity index (χ4v) is 2.18. The first-order chi connectivity index (χ1) is 9.69.